The number of hydrogen-bond acceptors (Lipinski definition) is 1. The van der Waals surface area contributed by atoms with Gasteiger partial charge in [0.1, 0.15) is 0 Å². The Labute approximate surface area is 87.4 Å². The Morgan fingerprint density at radius 1 is 1.55 bits per heavy atom. The summed E-state index contributed by atoms with van der Waals surface area (Å²) < 4.78 is 0. The van der Waals surface area contributed by atoms with Gasteiger partial charge in [-0.05, 0) is 0 Å². The van der Waals surface area contributed by atoms with Gasteiger partial charge in [0.05, 0.1) is 0 Å². The molecule has 0 unspecified atom stereocenters. The van der Waals surface area contributed by atoms with Crippen molar-refractivity contribution in [2.75, 3.05) is 0 Å². The first kappa shape index (κ1) is 11.1. The molecule has 1 aromatic rings. The first-order chi connectivity index (χ1) is 5.33. The van der Waals surface area contributed by atoms with Gasteiger partial charge in [-0.1, -0.05) is 10.6 Å². The number of rotatable bonds is 0. The van der Waals surface area contributed by atoms with Crippen LogP contribution in [0.15, 0.2) is 18.2 Å². The summed E-state index contributed by atoms with van der Waals surface area (Å²) in [6.45, 7) is 0. The first-order valence-electron chi connectivity index (χ1n) is 2.66. The molecule has 0 fully saturated rings. The maximum absolute atomic E-state index is 8.33. The van der Waals surface area contributed by atoms with E-state index in [0.717, 1.165) is 0 Å². The summed E-state index contributed by atoms with van der Waals surface area (Å²) in [7, 11) is 0. The predicted molar refractivity (Wildman–Crippen MR) is 43.9 cm³/mol. The van der Waals surface area contributed by atoms with E-state index in [4.69, 9.17) is 16.9 Å². The molecule has 1 rings (SSSR count). The third kappa shape index (κ3) is 4.53. The zero-order valence-corrected chi connectivity index (χ0v) is 11.0. The Morgan fingerprint density at radius 3 is 2.55 bits per heavy atom. The van der Waals surface area contributed by atoms with Gasteiger partial charge >= 0.3 is 30.0 Å². The Morgan fingerprint density at radius 2 is 2.18 bits per heavy atom. The van der Waals surface area contributed by atoms with Crippen molar-refractivity contribution in [2.45, 2.75) is 0 Å². The molecule has 1 nitrogen and oxygen atoms in total. The van der Waals surface area contributed by atoms with Crippen LogP contribution in [-0.4, -0.2) is 0 Å². The van der Waals surface area contributed by atoms with Gasteiger partial charge in [0.25, 0.3) is 0 Å². The van der Waals surface area contributed by atoms with E-state index >= 15 is 0 Å². The molecular weight excluding hydrogens is 279 g/mol. The molecule has 0 bridgehead atoms. The fraction of sp³-hybridized carbons (Fsp3) is 0. The van der Waals surface area contributed by atoms with E-state index in [1.165, 1.54) is 16.3 Å². The van der Waals surface area contributed by atoms with Crippen LogP contribution in [-0.2, 0) is 16.3 Å². The van der Waals surface area contributed by atoms with Gasteiger partial charge in [-0.3, -0.25) is 0 Å². The average molecular weight is 282 g/mol. The Bertz CT molecular complexity index is 259. The van der Waals surface area contributed by atoms with Crippen molar-refractivity contribution in [3.8, 4) is 6.07 Å². The molecule has 0 saturated heterocycles. The quantitative estimate of drug-likeness (QED) is 0.530. The fourth-order valence-electron chi connectivity index (χ4n) is 0.507. The Hall–Kier alpha value is 0.103. The molecule has 4 heteroatoms. The van der Waals surface area contributed by atoms with Crippen LogP contribution in [0, 0.1) is 17.4 Å². The van der Waals surface area contributed by atoms with Gasteiger partial charge in [-0.25, -0.2) is 5.26 Å². The van der Waals surface area contributed by atoms with E-state index in [-0.39, 0.29) is 0 Å². The molecule has 11 heavy (non-hydrogen) atoms. The van der Waals surface area contributed by atoms with Crippen molar-refractivity contribution in [1.82, 2.24) is 0 Å². The average Bonchev–Trinajstić information content (AvgIpc) is 2.08. The van der Waals surface area contributed by atoms with Crippen LogP contribution >= 0.6 is 25.2 Å². The molecule has 0 spiro atoms. The summed E-state index contributed by atoms with van der Waals surface area (Å²) in [5, 5.41) is 8.88. The van der Waals surface area contributed by atoms with Crippen molar-refractivity contribution in [1.29, 1.82) is 5.26 Å². The number of hydrogen-bond donors (Lipinski definition) is 0. The van der Waals surface area contributed by atoms with Gasteiger partial charge in [0, 0.05) is 6.07 Å². The molecule has 0 heterocycles. The number of nitrogens with zero attached hydrogens (tertiary/aromatic N) is 1. The van der Waals surface area contributed by atoms with Gasteiger partial charge in [0.15, 0.2) is 0 Å². The number of benzene rings is 1. The van der Waals surface area contributed by atoms with E-state index in [1.54, 1.807) is 18.2 Å². The Kier molecular flexibility index (Phi) is 6.86. The summed E-state index contributed by atoms with van der Waals surface area (Å²) in [4.78, 5) is 0. The molecule has 0 atom stereocenters. The van der Waals surface area contributed by atoms with Crippen molar-refractivity contribution in [3.63, 3.8) is 0 Å². The fourth-order valence-corrected chi connectivity index (χ4v) is 0.688. The molecule has 0 N–H and O–H groups in total. The third-order valence-corrected chi connectivity index (χ3v) is 1.10. The molecule has 0 aromatic heterocycles. The summed E-state index contributed by atoms with van der Waals surface area (Å²) >= 11 is 9.79. The van der Waals surface area contributed by atoms with Gasteiger partial charge in [-0.2, -0.15) is 29.8 Å². The van der Waals surface area contributed by atoms with E-state index in [2.05, 4.69) is 19.7 Å². The van der Waals surface area contributed by atoms with E-state index in [1.807, 2.05) is 6.07 Å². The second-order valence-corrected chi connectivity index (χ2v) is 1.99. The second-order valence-electron chi connectivity index (χ2n) is 1.55. The number of halogens is 2. The molecular formula is C7H3BrClNZn. The molecule has 52 valence electrons. The maximum atomic E-state index is 8.33. The van der Waals surface area contributed by atoms with Crippen LogP contribution in [0.2, 0.25) is 5.02 Å². The van der Waals surface area contributed by atoms with Crippen LogP contribution in [0.3, 0.4) is 0 Å². The van der Waals surface area contributed by atoms with E-state index in [9.17, 15) is 0 Å². The van der Waals surface area contributed by atoms with Crippen molar-refractivity contribution in [3.05, 3.63) is 34.9 Å². The molecule has 0 amide bonds. The number of nitriles is 1. The minimum atomic E-state index is 0.544. The second kappa shape index (κ2) is 6.79. The van der Waals surface area contributed by atoms with E-state index < -0.39 is 0 Å². The van der Waals surface area contributed by atoms with Crippen LogP contribution in [0.4, 0.5) is 0 Å². The molecule has 0 radical (unpaired) electrons. The van der Waals surface area contributed by atoms with Crippen molar-refractivity contribution < 1.29 is 16.3 Å². The van der Waals surface area contributed by atoms with Crippen LogP contribution < -0.4 is 0 Å². The zero-order valence-electron chi connectivity index (χ0n) is 5.64. The minimum absolute atomic E-state index is 0.544. The normalized spacial score (nSPS) is 7.55. The zero-order chi connectivity index (χ0) is 8.69. The molecule has 1 aromatic carbocycles. The SMILES string of the molecule is N#Cc1c[c-]cc(Cl)c1.[Zn+][Br]. The van der Waals surface area contributed by atoms with Crippen molar-refractivity contribution in [2.24, 2.45) is 0 Å². The summed E-state index contributed by atoms with van der Waals surface area (Å²) in [6.07, 6.45) is 0. The third-order valence-electron chi connectivity index (χ3n) is 0.883. The molecule has 0 aliphatic heterocycles. The topological polar surface area (TPSA) is 23.8 Å². The Balaban J connectivity index is 0.000000461. The summed E-state index contributed by atoms with van der Waals surface area (Å²) in [5.41, 5.74) is 0.544. The van der Waals surface area contributed by atoms with Crippen molar-refractivity contribution >= 4 is 25.2 Å². The first-order valence-corrected chi connectivity index (χ1v) is 9.99. The van der Waals surface area contributed by atoms with Gasteiger partial charge in [-0.15, -0.1) is 6.07 Å². The van der Waals surface area contributed by atoms with Gasteiger partial charge < -0.3 is 0 Å². The molecule has 0 saturated carbocycles. The van der Waals surface area contributed by atoms with E-state index in [0.29, 0.717) is 10.6 Å². The van der Waals surface area contributed by atoms with Crippen LogP contribution in [0.5, 0.6) is 0 Å². The van der Waals surface area contributed by atoms with Crippen LogP contribution in [0.1, 0.15) is 5.56 Å². The summed E-state index contributed by atoms with van der Waals surface area (Å²) in [5.74, 6) is 0. The predicted octanol–water partition coefficient (Wildman–Crippen LogP) is 2.85. The monoisotopic (exact) mass is 279 g/mol. The standard InChI is InChI=1S/C7H3ClN.BrH.Zn/c8-7-3-1-2-6(4-7)5-9;;/h2-4H;1H;/q-1;;+2/p-1. The molecule has 0 aliphatic rings. The molecule has 0 aliphatic carbocycles. The summed E-state index contributed by atoms with van der Waals surface area (Å²) in [6, 6.07) is 9.48. The van der Waals surface area contributed by atoms with Crippen LogP contribution in [0.25, 0.3) is 0 Å². The van der Waals surface area contributed by atoms with Gasteiger partial charge in [0.2, 0.25) is 0 Å².